The maximum Gasteiger partial charge on any atom is 0.228 e. The van der Waals surface area contributed by atoms with Crippen LogP contribution in [-0.4, -0.2) is 52.6 Å². The fourth-order valence-corrected chi connectivity index (χ4v) is 5.42. The van der Waals surface area contributed by atoms with Crippen LogP contribution in [0.4, 0.5) is 0 Å². The smallest absolute Gasteiger partial charge is 0.228 e. The van der Waals surface area contributed by atoms with Gasteiger partial charge in [0.1, 0.15) is 0 Å². The lowest BCUT2D eigenvalue weighted by atomic mass is 10.1. The number of amides is 1. The van der Waals surface area contributed by atoms with Crippen LogP contribution < -0.4 is 0 Å². The second-order valence-corrected chi connectivity index (χ2v) is 8.29. The highest BCUT2D eigenvalue weighted by atomic mass is 32.2. The molecule has 3 rings (SSSR count). The van der Waals surface area contributed by atoms with Crippen LogP contribution in [0, 0.1) is 10.9 Å². The number of carbonyl (C=O) groups excluding carboxylic acids is 1. The van der Waals surface area contributed by atoms with Crippen LogP contribution >= 0.6 is 35.3 Å². The molecule has 2 atom stereocenters. The van der Waals surface area contributed by atoms with Crippen LogP contribution in [0.5, 0.6) is 0 Å². The number of fused-ring (bicyclic) bond motifs is 1. The van der Waals surface area contributed by atoms with E-state index in [1.54, 1.807) is 0 Å². The Hall–Kier alpha value is -0.370. The lowest BCUT2D eigenvalue weighted by molar-refractivity contribution is -0.134. The predicted molar refractivity (Wildman–Crippen MR) is 85.1 cm³/mol. The number of rotatable bonds is 2. The Bertz CT molecular complexity index is 552. The summed E-state index contributed by atoms with van der Waals surface area (Å²) in [6.45, 7) is 4.40. The van der Waals surface area contributed by atoms with Crippen LogP contribution in [-0.2, 0) is 16.0 Å². The van der Waals surface area contributed by atoms with Gasteiger partial charge in [0.25, 0.3) is 0 Å². The van der Waals surface area contributed by atoms with E-state index in [2.05, 4.69) is 9.88 Å². The Morgan fingerprint density at radius 3 is 3.20 bits per heavy atom. The average Bonchev–Trinajstić information content (AvgIpc) is 2.76. The molecule has 1 amide bonds. The van der Waals surface area contributed by atoms with Gasteiger partial charge in [-0.3, -0.25) is 4.79 Å². The van der Waals surface area contributed by atoms with Gasteiger partial charge in [-0.1, -0.05) is 0 Å². The topological polar surface area (TPSA) is 45.3 Å². The SMILES string of the molecule is Cc1[nH]c(=S)sc1CC(=O)N1CCS[C@@H]2COCC[C@@H]21. The number of carbonyl (C=O) groups is 1. The molecule has 1 aromatic heterocycles. The number of hydrogen-bond acceptors (Lipinski definition) is 5. The number of aromatic amines is 1. The standard InChI is InChI=1S/C13H18N2O2S3/c1-8-10(20-13(18)14-8)6-12(16)15-3-5-19-11-7-17-4-2-9(11)15/h9,11H,2-7H2,1H3,(H,14,18)/t9-,11+/m0/s1. The van der Waals surface area contributed by atoms with E-state index in [0.717, 1.165) is 46.5 Å². The first-order valence-corrected chi connectivity index (χ1v) is 9.10. The summed E-state index contributed by atoms with van der Waals surface area (Å²) < 4.78 is 6.29. The number of ether oxygens (including phenoxy) is 1. The average molecular weight is 331 g/mol. The Kier molecular flexibility index (Phi) is 4.49. The highest BCUT2D eigenvalue weighted by Gasteiger charge is 2.36. The first-order valence-electron chi connectivity index (χ1n) is 6.82. The summed E-state index contributed by atoms with van der Waals surface area (Å²) in [6, 6.07) is 0.349. The van der Waals surface area contributed by atoms with Crippen molar-refractivity contribution in [1.82, 2.24) is 9.88 Å². The molecule has 3 heterocycles. The number of thiazole rings is 1. The molecule has 0 spiro atoms. The van der Waals surface area contributed by atoms with Gasteiger partial charge in [0.05, 0.1) is 13.0 Å². The Labute approximate surface area is 131 Å². The van der Waals surface area contributed by atoms with E-state index in [0.29, 0.717) is 17.7 Å². The van der Waals surface area contributed by atoms with E-state index < -0.39 is 0 Å². The Morgan fingerprint density at radius 2 is 2.45 bits per heavy atom. The summed E-state index contributed by atoms with van der Waals surface area (Å²) in [5.41, 5.74) is 1.03. The molecule has 0 bridgehead atoms. The zero-order valence-corrected chi connectivity index (χ0v) is 13.8. The van der Waals surface area contributed by atoms with Crippen molar-refractivity contribution >= 4 is 41.2 Å². The first kappa shape index (κ1) is 14.6. The highest BCUT2D eigenvalue weighted by molar-refractivity contribution is 8.00. The molecule has 20 heavy (non-hydrogen) atoms. The molecule has 0 aliphatic carbocycles. The van der Waals surface area contributed by atoms with Crippen molar-refractivity contribution in [3.05, 3.63) is 14.5 Å². The molecule has 7 heteroatoms. The maximum absolute atomic E-state index is 12.6. The minimum Gasteiger partial charge on any atom is -0.380 e. The van der Waals surface area contributed by atoms with Crippen molar-refractivity contribution in [3.8, 4) is 0 Å². The Morgan fingerprint density at radius 1 is 1.60 bits per heavy atom. The van der Waals surface area contributed by atoms with E-state index >= 15 is 0 Å². The minimum absolute atomic E-state index is 0.232. The zero-order chi connectivity index (χ0) is 14.1. The molecule has 4 nitrogen and oxygen atoms in total. The van der Waals surface area contributed by atoms with Gasteiger partial charge >= 0.3 is 0 Å². The minimum atomic E-state index is 0.232. The number of aromatic nitrogens is 1. The van der Waals surface area contributed by atoms with Crippen LogP contribution in [0.25, 0.3) is 0 Å². The summed E-state index contributed by atoms with van der Waals surface area (Å²) in [6.07, 6.45) is 1.43. The molecule has 2 saturated heterocycles. The Balaban J connectivity index is 1.72. The van der Waals surface area contributed by atoms with Crippen molar-refractivity contribution in [2.45, 2.75) is 31.1 Å². The summed E-state index contributed by atoms with van der Waals surface area (Å²) >= 11 is 8.60. The number of aryl methyl sites for hydroxylation is 1. The van der Waals surface area contributed by atoms with Crippen molar-refractivity contribution in [1.29, 1.82) is 0 Å². The van der Waals surface area contributed by atoms with Gasteiger partial charge in [-0.25, -0.2) is 0 Å². The monoisotopic (exact) mass is 330 g/mol. The van der Waals surface area contributed by atoms with Gasteiger partial charge in [0.15, 0.2) is 3.95 Å². The molecule has 1 aromatic rings. The summed E-state index contributed by atoms with van der Waals surface area (Å²) in [7, 11) is 0. The molecule has 2 fully saturated rings. The summed E-state index contributed by atoms with van der Waals surface area (Å²) in [5, 5.41) is 0.451. The fourth-order valence-electron chi connectivity index (χ4n) is 2.84. The normalized spacial score (nSPS) is 26.4. The molecule has 1 N–H and O–H groups in total. The molecular formula is C13H18N2O2S3. The lowest BCUT2D eigenvalue weighted by Gasteiger charge is -2.43. The lowest BCUT2D eigenvalue weighted by Crippen LogP contribution is -2.54. The van der Waals surface area contributed by atoms with Gasteiger partial charge in [0.2, 0.25) is 5.91 Å². The van der Waals surface area contributed by atoms with Gasteiger partial charge in [-0.15, -0.1) is 11.3 Å². The largest absolute Gasteiger partial charge is 0.380 e. The quantitative estimate of drug-likeness (QED) is 0.846. The third-order valence-corrected chi connectivity index (χ3v) is 6.52. The zero-order valence-electron chi connectivity index (χ0n) is 11.4. The van der Waals surface area contributed by atoms with E-state index in [9.17, 15) is 4.79 Å². The number of hydrogen-bond donors (Lipinski definition) is 1. The molecule has 0 aromatic carbocycles. The predicted octanol–water partition coefficient (Wildman–Crippen LogP) is 2.39. The van der Waals surface area contributed by atoms with Gasteiger partial charge in [-0.05, 0) is 25.6 Å². The van der Waals surface area contributed by atoms with Crippen molar-refractivity contribution in [2.75, 3.05) is 25.5 Å². The second-order valence-electron chi connectivity index (χ2n) is 5.17. The van der Waals surface area contributed by atoms with E-state index in [1.807, 2.05) is 18.7 Å². The number of H-pyrrole nitrogens is 1. The number of nitrogens with one attached hydrogen (secondary N) is 1. The summed E-state index contributed by atoms with van der Waals surface area (Å²) in [4.78, 5) is 18.9. The van der Waals surface area contributed by atoms with Crippen molar-refractivity contribution in [3.63, 3.8) is 0 Å². The summed E-state index contributed by atoms with van der Waals surface area (Å²) in [5.74, 6) is 1.24. The second kappa shape index (κ2) is 6.17. The van der Waals surface area contributed by atoms with Gasteiger partial charge < -0.3 is 14.6 Å². The molecule has 2 aliphatic heterocycles. The van der Waals surface area contributed by atoms with Gasteiger partial charge in [-0.2, -0.15) is 11.8 Å². The van der Waals surface area contributed by atoms with E-state index in [4.69, 9.17) is 17.0 Å². The van der Waals surface area contributed by atoms with Crippen LogP contribution in [0.2, 0.25) is 0 Å². The van der Waals surface area contributed by atoms with E-state index in [-0.39, 0.29) is 5.91 Å². The van der Waals surface area contributed by atoms with Crippen molar-refractivity contribution < 1.29 is 9.53 Å². The first-order chi connectivity index (χ1) is 9.65. The fraction of sp³-hybridized carbons (Fsp3) is 0.692. The molecule has 110 valence electrons. The van der Waals surface area contributed by atoms with Crippen LogP contribution in [0.1, 0.15) is 17.0 Å². The third-order valence-electron chi connectivity index (χ3n) is 3.89. The van der Waals surface area contributed by atoms with Gasteiger partial charge in [0, 0.05) is 40.8 Å². The van der Waals surface area contributed by atoms with Crippen LogP contribution in [0.3, 0.4) is 0 Å². The molecule has 0 radical (unpaired) electrons. The number of thioether (sulfide) groups is 1. The molecular weight excluding hydrogens is 312 g/mol. The molecule has 0 unspecified atom stereocenters. The number of nitrogens with zero attached hydrogens (tertiary/aromatic N) is 1. The molecule has 2 aliphatic rings. The molecule has 0 saturated carbocycles. The van der Waals surface area contributed by atoms with Crippen molar-refractivity contribution in [2.24, 2.45) is 0 Å². The maximum atomic E-state index is 12.6. The third kappa shape index (κ3) is 2.95. The van der Waals surface area contributed by atoms with Crippen LogP contribution in [0.15, 0.2) is 0 Å². The van der Waals surface area contributed by atoms with E-state index in [1.165, 1.54) is 11.3 Å². The highest BCUT2D eigenvalue weighted by Crippen LogP contribution is 2.31.